The fraction of sp³-hybridized carbons (Fsp3) is 0.500. The second kappa shape index (κ2) is 6.33. The molecule has 0 aliphatic carbocycles. The van der Waals surface area contributed by atoms with Crippen molar-refractivity contribution in [3.8, 4) is 0 Å². The van der Waals surface area contributed by atoms with Crippen LogP contribution in [0.5, 0.6) is 0 Å². The van der Waals surface area contributed by atoms with Crippen molar-refractivity contribution in [1.82, 2.24) is 5.32 Å². The zero-order valence-corrected chi connectivity index (χ0v) is 12.9. The molecule has 2 N–H and O–H groups in total. The first kappa shape index (κ1) is 15.2. The van der Waals surface area contributed by atoms with Gasteiger partial charge in [0.1, 0.15) is 0 Å². The summed E-state index contributed by atoms with van der Waals surface area (Å²) in [6, 6.07) is 1.79. The van der Waals surface area contributed by atoms with E-state index >= 15 is 0 Å². The highest BCUT2D eigenvalue weighted by Gasteiger charge is 2.22. The molecule has 0 aromatic carbocycles. The molecule has 1 amide bonds. The molecule has 0 aliphatic heterocycles. The molecule has 18 heavy (non-hydrogen) atoms. The Hall–Kier alpha value is -0.880. The summed E-state index contributed by atoms with van der Waals surface area (Å²) in [5, 5.41) is 11.7. The van der Waals surface area contributed by atoms with E-state index in [4.69, 9.17) is 5.11 Å². The minimum Gasteiger partial charge on any atom is -0.481 e. The van der Waals surface area contributed by atoms with Crippen molar-refractivity contribution >= 4 is 39.1 Å². The van der Waals surface area contributed by atoms with E-state index in [9.17, 15) is 9.59 Å². The molecular formula is C12H16BrNO3S. The number of hydrogen-bond acceptors (Lipinski definition) is 3. The van der Waals surface area contributed by atoms with Gasteiger partial charge in [-0.1, -0.05) is 13.8 Å². The molecule has 0 saturated carbocycles. The number of hydrogen-bond donors (Lipinski definition) is 2. The van der Waals surface area contributed by atoms with Crippen LogP contribution in [0.3, 0.4) is 0 Å². The van der Waals surface area contributed by atoms with E-state index in [1.807, 2.05) is 20.8 Å². The largest absolute Gasteiger partial charge is 0.481 e. The lowest BCUT2D eigenvalue weighted by atomic mass is 9.96. The van der Waals surface area contributed by atoms with Gasteiger partial charge in [0.25, 0.3) is 5.91 Å². The zero-order chi connectivity index (χ0) is 13.9. The highest BCUT2D eigenvalue weighted by Crippen LogP contribution is 2.27. The van der Waals surface area contributed by atoms with Gasteiger partial charge in [-0.15, -0.1) is 11.3 Å². The SMILES string of the molecule is Cc1cc(C(=O)NCC(C(=O)O)C(C)C)sc1Br. The molecule has 1 aromatic rings. The van der Waals surface area contributed by atoms with Gasteiger partial charge in [0.05, 0.1) is 14.6 Å². The van der Waals surface area contributed by atoms with Crippen molar-refractivity contribution in [2.75, 3.05) is 6.54 Å². The summed E-state index contributed by atoms with van der Waals surface area (Å²) in [6.07, 6.45) is 0. The fourth-order valence-corrected chi connectivity index (χ4v) is 2.92. The molecule has 0 saturated heterocycles. The molecule has 4 nitrogen and oxygen atoms in total. The van der Waals surface area contributed by atoms with Gasteiger partial charge in [0.15, 0.2) is 0 Å². The monoisotopic (exact) mass is 333 g/mol. The summed E-state index contributed by atoms with van der Waals surface area (Å²) in [5.74, 6) is -1.67. The van der Waals surface area contributed by atoms with Crippen LogP contribution in [0.15, 0.2) is 9.85 Å². The molecular weight excluding hydrogens is 318 g/mol. The summed E-state index contributed by atoms with van der Waals surface area (Å²) >= 11 is 4.70. The lowest BCUT2D eigenvalue weighted by molar-refractivity contribution is -0.142. The maximum atomic E-state index is 11.8. The van der Waals surface area contributed by atoms with E-state index in [-0.39, 0.29) is 18.4 Å². The summed E-state index contributed by atoms with van der Waals surface area (Å²) in [7, 11) is 0. The van der Waals surface area contributed by atoms with Gasteiger partial charge in [-0.2, -0.15) is 0 Å². The average Bonchev–Trinajstić information content (AvgIpc) is 2.58. The van der Waals surface area contributed by atoms with Crippen molar-refractivity contribution in [3.63, 3.8) is 0 Å². The van der Waals surface area contributed by atoms with Gasteiger partial charge in [0, 0.05) is 6.54 Å². The Kier molecular flexibility index (Phi) is 5.34. The standard InChI is InChI=1S/C12H16BrNO3S/c1-6(2)8(12(16)17)5-14-11(15)9-4-7(3)10(13)18-9/h4,6,8H,5H2,1-3H3,(H,14,15)(H,16,17). The normalized spacial score (nSPS) is 12.5. The Labute approximate surface area is 119 Å². The minimum atomic E-state index is -0.881. The summed E-state index contributed by atoms with van der Waals surface area (Å²) in [4.78, 5) is 23.4. The Morgan fingerprint density at radius 2 is 2.11 bits per heavy atom. The van der Waals surface area contributed by atoms with Crippen LogP contribution in [0.1, 0.15) is 29.1 Å². The summed E-state index contributed by atoms with van der Waals surface area (Å²) < 4.78 is 0.922. The van der Waals surface area contributed by atoms with E-state index in [1.165, 1.54) is 11.3 Å². The van der Waals surface area contributed by atoms with E-state index in [0.717, 1.165) is 9.35 Å². The molecule has 0 fully saturated rings. The second-order valence-corrected chi connectivity index (χ2v) is 6.84. The second-order valence-electron chi connectivity index (χ2n) is 4.47. The molecule has 0 radical (unpaired) electrons. The van der Waals surface area contributed by atoms with Gasteiger partial charge in [0.2, 0.25) is 0 Å². The van der Waals surface area contributed by atoms with E-state index in [0.29, 0.717) is 4.88 Å². The average molecular weight is 334 g/mol. The summed E-state index contributed by atoms with van der Waals surface area (Å²) in [5.41, 5.74) is 1.00. The number of aryl methyl sites for hydroxylation is 1. The van der Waals surface area contributed by atoms with Crippen LogP contribution in [0, 0.1) is 18.8 Å². The first-order valence-electron chi connectivity index (χ1n) is 5.59. The number of rotatable bonds is 5. The van der Waals surface area contributed by atoms with Gasteiger partial charge in [-0.3, -0.25) is 9.59 Å². The highest BCUT2D eigenvalue weighted by atomic mass is 79.9. The van der Waals surface area contributed by atoms with Crippen LogP contribution >= 0.6 is 27.3 Å². The predicted octanol–water partition coefficient (Wildman–Crippen LogP) is 2.91. The Morgan fingerprint density at radius 3 is 2.50 bits per heavy atom. The fourth-order valence-electron chi connectivity index (χ4n) is 1.47. The lowest BCUT2D eigenvalue weighted by Gasteiger charge is -2.16. The number of carbonyl (C=O) groups excluding carboxylic acids is 1. The lowest BCUT2D eigenvalue weighted by Crippen LogP contribution is -2.35. The number of nitrogens with one attached hydrogen (secondary N) is 1. The van der Waals surface area contributed by atoms with Crippen LogP contribution in [-0.2, 0) is 4.79 Å². The third kappa shape index (κ3) is 3.81. The first-order chi connectivity index (χ1) is 8.32. The third-order valence-electron chi connectivity index (χ3n) is 2.69. The Morgan fingerprint density at radius 1 is 1.50 bits per heavy atom. The van der Waals surface area contributed by atoms with E-state index in [2.05, 4.69) is 21.2 Å². The number of carboxylic acid groups (broad SMARTS) is 1. The Bertz CT molecular complexity index is 437. The molecule has 6 heteroatoms. The quantitative estimate of drug-likeness (QED) is 0.870. The molecule has 1 aromatic heterocycles. The first-order valence-corrected chi connectivity index (χ1v) is 7.20. The number of amides is 1. The number of thiophene rings is 1. The maximum Gasteiger partial charge on any atom is 0.308 e. The van der Waals surface area contributed by atoms with Crippen molar-refractivity contribution < 1.29 is 14.7 Å². The van der Waals surface area contributed by atoms with Crippen LogP contribution in [0.25, 0.3) is 0 Å². The van der Waals surface area contributed by atoms with Crippen molar-refractivity contribution in [2.24, 2.45) is 11.8 Å². The number of halogens is 1. The molecule has 1 unspecified atom stereocenters. The van der Waals surface area contributed by atoms with Gasteiger partial charge >= 0.3 is 5.97 Å². The van der Waals surface area contributed by atoms with Gasteiger partial charge in [-0.25, -0.2) is 0 Å². The highest BCUT2D eigenvalue weighted by molar-refractivity contribution is 9.11. The Balaban J connectivity index is 2.63. The third-order valence-corrected chi connectivity index (χ3v) is 4.82. The zero-order valence-electron chi connectivity index (χ0n) is 10.5. The van der Waals surface area contributed by atoms with Crippen LogP contribution in [-0.4, -0.2) is 23.5 Å². The summed E-state index contributed by atoms with van der Waals surface area (Å²) in [6.45, 7) is 5.72. The van der Waals surface area contributed by atoms with Crippen molar-refractivity contribution in [3.05, 3.63) is 20.3 Å². The van der Waals surface area contributed by atoms with Crippen molar-refractivity contribution in [2.45, 2.75) is 20.8 Å². The predicted molar refractivity (Wildman–Crippen MR) is 75.1 cm³/mol. The van der Waals surface area contributed by atoms with Crippen LogP contribution in [0.4, 0.5) is 0 Å². The molecule has 1 heterocycles. The smallest absolute Gasteiger partial charge is 0.308 e. The topological polar surface area (TPSA) is 66.4 Å². The molecule has 0 bridgehead atoms. The number of aliphatic carboxylic acids is 1. The van der Waals surface area contributed by atoms with Gasteiger partial charge < -0.3 is 10.4 Å². The molecule has 100 valence electrons. The van der Waals surface area contributed by atoms with E-state index < -0.39 is 11.9 Å². The van der Waals surface area contributed by atoms with Crippen LogP contribution in [0.2, 0.25) is 0 Å². The number of carbonyl (C=O) groups is 2. The maximum absolute atomic E-state index is 11.8. The molecule has 0 aliphatic rings. The molecule has 1 atom stereocenters. The molecule has 1 rings (SSSR count). The van der Waals surface area contributed by atoms with Gasteiger partial charge in [-0.05, 0) is 40.4 Å². The minimum absolute atomic E-state index is 0.0143. The van der Waals surface area contributed by atoms with Crippen molar-refractivity contribution in [1.29, 1.82) is 0 Å². The van der Waals surface area contributed by atoms with E-state index in [1.54, 1.807) is 6.07 Å². The van der Waals surface area contributed by atoms with Crippen LogP contribution < -0.4 is 5.32 Å². The molecule has 0 spiro atoms. The number of carboxylic acids is 1.